The number of aromatic nitrogens is 2. The smallest absolute Gasteiger partial charge is 0.251 e. The Morgan fingerprint density at radius 1 is 1.30 bits per heavy atom. The van der Waals surface area contributed by atoms with Crippen molar-refractivity contribution in [2.45, 2.75) is 26.8 Å². The summed E-state index contributed by atoms with van der Waals surface area (Å²) in [4.78, 5) is 23.7. The van der Waals surface area contributed by atoms with Crippen LogP contribution in [0.2, 0.25) is 0 Å². The lowest BCUT2D eigenvalue weighted by Crippen LogP contribution is -2.46. The lowest BCUT2D eigenvalue weighted by atomic mass is 10.1. The molecule has 7 heteroatoms. The van der Waals surface area contributed by atoms with E-state index in [-0.39, 0.29) is 17.6 Å². The molecule has 2 aliphatic rings. The second-order valence-corrected chi connectivity index (χ2v) is 8.57. The summed E-state index contributed by atoms with van der Waals surface area (Å²) < 4.78 is 16.1. The van der Waals surface area contributed by atoms with Crippen LogP contribution in [0.3, 0.4) is 0 Å². The number of piperazine rings is 1. The van der Waals surface area contributed by atoms with Gasteiger partial charge in [0, 0.05) is 57.4 Å². The van der Waals surface area contributed by atoms with Gasteiger partial charge in [0.1, 0.15) is 0 Å². The number of amides is 1. The lowest BCUT2D eigenvalue weighted by molar-refractivity contribution is -0.124. The van der Waals surface area contributed by atoms with E-state index in [0.29, 0.717) is 11.1 Å². The first-order chi connectivity index (χ1) is 15.9. The highest BCUT2D eigenvalue weighted by Gasteiger charge is 2.23. The summed E-state index contributed by atoms with van der Waals surface area (Å²) in [6.07, 6.45) is 13.0. The maximum Gasteiger partial charge on any atom is 0.251 e. The van der Waals surface area contributed by atoms with Crippen molar-refractivity contribution in [1.29, 1.82) is 0 Å². The van der Waals surface area contributed by atoms with Crippen LogP contribution in [0, 0.1) is 19.3 Å². The monoisotopic (exact) mass is 446 g/mol. The molecule has 0 aliphatic carbocycles. The van der Waals surface area contributed by atoms with Crippen LogP contribution in [0.4, 0.5) is 4.39 Å². The molecule has 0 saturated carbocycles. The van der Waals surface area contributed by atoms with Gasteiger partial charge in [0.2, 0.25) is 0 Å². The molecule has 1 fully saturated rings. The minimum atomic E-state index is -0.406. The number of aryl methyl sites for hydroxylation is 1. The number of nitrogens with zero attached hydrogens (tertiary/aromatic N) is 5. The fourth-order valence-electron chi connectivity index (χ4n) is 4.19. The van der Waals surface area contributed by atoms with Gasteiger partial charge < -0.3 is 14.2 Å². The molecule has 2 aliphatic heterocycles. The topological polar surface area (TPSA) is 44.1 Å². The van der Waals surface area contributed by atoms with E-state index in [9.17, 15) is 9.18 Å². The van der Waals surface area contributed by atoms with Crippen molar-refractivity contribution >= 4 is 17.1 Å². The molecule has 1 saturated heterocycles. The van der Waals surface area contributed by atoms with Crippen LogP contribution in [-0.4, -0.2) is 68.8 Å². The molecule has 0 spiro atoms. The van der Waals surface area contributed by atoms with E-state index < -0.39 is 5.82 Å². The summed E-state index contributed by atoms with van der Waals surface area (Å²) in [5.74, 6) is -0.539. The largest absolute Gasteiger partial charge is 0.368 e. The van der Waals surface area contributed by atoms with E-state index in [2.05, 4.69) is 26.6 Å². The number of allylic oxidation sites excluding steroid dienone is 2. The fourth-order valence-corrected chi connectivity index (χ4v) is 4.19. The number of fused-ring (bicyclic) bond motifs is 1. The third-order valence-electron chi connectivity index (χ3n) is 6.14. The van der Waals surface area contributed by atoms with Gasteiger partial charge in [-0.25, -0.2) is 9.37 Å². The quantitative estimate of drug-likeness (QED) is 0.520. The molecule has 6 nitrogen and oxygen atoms in total. The van der Waals surface area contributed by atoms with Crippen LogP contribution in [0.5, 0.6) is 0 Å². The predicted molar refractivity (Wildman–Crippen MR) is 127 cm³/mol. The number of carbonyl (C=O) groups is 1. The summed E-state index contributed by atoms with van der Waals surface area (Å²) in [7, 11) is 0. The molecule has 2 aromatic rings. The van der Waals surface area contributed by atoms with Gasteiger partial charge in [-0.15, -0.1) is 5.73 Å². The summed E-state index contributed by atoms with van der Waals surface area (Å²) >= 11 is 0. The summed E-state index contributed by atoms with van der Waals surface area (Å²) in [5.41, 5.74) is 5.97. The zero-order valence-corrected chi connectivity index (χ0v) is 19.3. The van der Waals surface area contributed by atoms with E-state index in [0.717, 1.165) is 44.1 Å². The molecule has 1 unspecified atom stereocenters. The highest BCUT2D eigenvalue weighted by atomic mass is 19.1. The van der Waals surface area contributed by atoms with Gasteiger partial charge in [-0.2, -0.15) is 0 Å². The standard InChI is InChI=1S/C26H29FN5O/c1-5-6-9-29-10-12-30(13-11-29)23-8-7-21(4)32(18-23)25(33)14-19(2)22-15-24(27)26-28-20(3)16-31(26)17-22/h1,6-8,14-18,21H,9-13H2,2-4H3/b19-14+. The Labute approximate surface area is 194 Å². The molecule has 33 heavy (non-hydrogen) atoms. The van der Waals surface area contributed by atoms with E-state index in [1.807, 2.05) is 39.1 Å². The van der Waals surface area contributed by atoms with Crippen molar-refractivity contribution < 1.29 is 9.18 Å². The van der Waals surface area contributed by atoms with Crippen molar-refractivity contribution in [3.8, 4) is 0 Å². The van der Waals surface area contributed by atoms with E-state index in [1.165, 1.54) is 6.07 Å². The molecule has 0 aromatic carbocycles. The number of hydrogen-bond acceptors (Lipinski definition) is 4. The van der Waals surface area contributed by atoms with Crippen molar-refractivity contribution in [1.82, 2.24) is 24.1 Å². The maximum atomic E-state index is 14.5. The van der Waals surface area contributed by atoms with E-state index in [1.54, 1.807) is 27.8 Å². The molecule has 4 rings (SSSR count). The summed E-state index contributed by atoms with van der Waals surface area (Å²) in [6.45, 7) is 15.4. The molecule has 4 heterocycles. The zero-order valence-electron chi connectivity index (χ0n) is 19.3. The Bertz CT molecular complexity index is 1190. The number of halogens is 1. The van der Waals surface area contributed by atoms with Gasteiger partial charge in [-0.05, 0) is 56.7 Å². The highest BCUT2D eigenvalue weighted by molar-refractivity contribution is 5.96. The van der Waals surface area contributed by atoms with Crippen LogP contribution in [0.25, 0.3) is 11.2 Å². The average Bonchev–Trinajstić information content (AvgIpc) is 3.19. The molecule has 0 bridgehead atoms. The molecule has 0 N–H and O–H groups in total. The van der Waals surface area contributed by atoms with Crippen LogP contribution in [0.15, 0.2) is 60.4 Å². The molecular weight excluding hydrogens is 417 g/mol. The third-order valence-corrected chi connectivity index (χ3v) is 6.14. The molecule has 2 aromatic heterocycles. The highest BCUT2D eigenvalue weighted by Crippen LogP contribution is 2.22. The summed E-state index contributed by atoms with van der Waals surface area (Å²) in [6, 6.07) is 1.37. The second-order valence-electron chi connectivity index (χ2n) is 8.57. The van der Waals surface area contributed by atoms with Crippen LogP contribution >= 0.6 is 0 Å². The number of rotatable bonds is 5. The van der Waals surface area contributed by atoms with Crippen LogP contribution in [0.1, 0.15) is 25.1 Å². The number of hydrogen-bond donors (Lipinski definition) is 0. The van der Waals surface area contributed by atoms with Gasteiger partial charge in [-0.1, -0.05) is 6.08 Å². The van der Waals surface area contributed by atoms with Gasteiger partial charge in [0.25, 0.3) is 5.91 Å². The lowest BCUT2D eigenvalue weighted by Gasteiger charge is -2.38. The van der Waals surface area contributed by atoms with Gasteiger partial charge in [0.05, 0.1) is 17.4 Å². The first-order valence-corrected chi connectivity index (χ1v) is 11.2. The first-order valence-electron chi connectivity index (χ1n) is 11.2. The third kappa shape index (κ3) is 5.00. The minimum Gasteiger partial charge on any atom is -0.368 e. The van der Waals surface area contributed by atoms with Crippen molar-refractivity contribution in [3.63, 3.8) is 0 Å². The SMILES string of the molecule is [CH]=C=CCN1CCN(C2=CN(C(=O)/C=C(\C)c3cc(F)c4nc(C)cn4c3)C(C)C=C2)CC1. The Balaban J connectivity index is 1.50. The van der Waals surface area contributed by atoms with Gasteiger partial charge in [0.15, 0.2) is 11.5 Å². The second kappa shape index (κ2) is 9.61. The van der Waals surface area contributed by atoms with E-state index >= 15 is 0 Å². The fraction of sp³-hybridized carbons (Fsp3) is 0.346. The Kier molecular flexibility index (Phi) is 6.63. The number of imidazole rings is 1. The molecular formula is C26H29FN5O. The van der Waals surface area contributed by atoms with Crippen LogP contribution < -0.4 is 0 Å². The average molecular weight is 447 g/mol. The first kappa shape index (κ1) is 22.8. The van der Waals surface area contributed by atoms with Crippen molar-refractivity contribution in [2.75, 3.05) is 32.7 Å². The molecule has 1 radical (unpaired) electrons. The van der Waals surface area contributed by atoms with Crippen molar-refractivity contribution in [2.24, 2.45) is 0 Å². The summed E-state index contributed by atoms with van der Waals surface area (Å²) in [5, 5.41) is 0. The Hall–Kier alpha value is -3.41. The number of pyridine rings is 1. The number of carbonyl (C=O) groups excluding carboxylic acids is 1. The van der Waals surface area contributed by atoms with Gasteiger partial charge in [-0.3, -0.25) is 9.69 Å². The zero-order chi connectivity index (χ0) is 23.5. The Morgan fingerprint density at radius 2 is 2.06 bits per heavy atom. The van der Waals surface area contributed by atoms with Crippen LogP contribution in [-0.2, 0) is 4.79 Å². The molecule has 1 atom stereocenters. The predicted octanol–water partition coefficient (Wildman–Crippen LogP) is 3.58. The van der Waals surface area contributed by atoms with E-state index in [4.69, 9.17) is 6.58 Å². The van der Waals surface area contributed by atoms with Crippen molar-refractivity contribution in [3.05, 3.63) is 84.0 Å². The maximum absolute atomic E-state index is 14.5. The molecule has 171 valence electrons. The minimum absolute atomic E-state index is 0.0627. The normalized spacial score (nSPS) is 19.6. The Morgan fingerprint density at radius 3 is 2.79 bits per heavy atom. The van der Waals surface area contributed by atoms with Gasteiger partial charge >= 0.3 is 0 Å². The molecule has 1 amide bonds.